The number of hydrogen-bond donors (Lipinski definition) is 0. The lowest BCUT2D eigenvalue weighted by Crippen LogP contribution is -2.12. The first-order chi connectivity index (χ1) is 15.0. The summed E-state index contributed by atoms with van der Waals surface area (Å²) >= 11 is 11.7. The third-order valence-corrected chi connectivity index (χ3v) is 6.29. The minimum atomic E-state index is -4.87. The molecule has 166 valence electrons. The van der Waals surface area contributed by atoms with Crippen molar-refractivity contribution >= 4 is 45.9 Å². The molecule has 0 N–H and O–H groups in total. The standard InChI is InChI=1S/C23H14Cl2F4O2S/c24-17-6-1-14(2-7-17)13-32(31)21(22(30)15-3-8-18(25)9-4-15)11-16-5-10-19(26)12-20(16)23(27,28)29/h1-12H,13H2/b21-11-. The van der Waals surface area contributed by atoms with Crippen molar-refractivity contribution in [3.05, 3.63) is 110 Å². The van der Waals surface area contributed by atoms with Gasteiger partial charge in [0.15, 0.2) is 0 Å². The number of halogens is 6. The van der Waals surface area contributed by atoms with Crippen LogP contribution in [0.1, 0.15) is 27.0 Å². The first-order valence-electron chi connectivity index (χ1n) is 9.06. The Kier molecular flexibility index (Phi) is 7.54. The molecule has 0 heterocycles. The van der Waals surface area contributed by atoms with E-state index in [1.807, 2.05) is 0 Å². The molecule has 0 fully saturated rings. The fourth-order valence-corrected chi connectivity index (χ4v) is 4.31. The van der Waals surface area contributed by atoms with Gasteiger partial charge >= 0.3 is 6.18 Å². The van der Waals surface area contributed by atoms with Gasteiger partial charge in [-0.1, -0.05) is 41.4 Å². The van der Waals surface area contributed by atoms with E-state index >= 15 is 0 Å². The molecule has 2 nitrogen and oxygen atoms in total. The molecule has 32 heavy (non-hydrogen) atoms. The van der Waals surface area contributed by atoms with E-state index in [0.717, 1.165) is 18.2 Å². The third-order valence-electron chi connectivity index (χ3n) is 4.39. The van der Waals surface area contributed by atoms with Gasteiger partial charge in [0.05, 0.1) is 27.0 Å². The Morgan fingerprint density at radius 2 is 1.47 bits per heavy atom. The van der Waals surface area contributed by atoms with Crippen LogP contribution in [0.15, 0.2) is 71.6 Å². The van der Waals surface area contributed by atoms with Crippen molar-refractivity contribution in [1.82, 2.24) is 0 Å². The highest BCUT2D eigenvalue weighted by molar-refractivity contribution is 7.89. The Labute approximate surface area is 193 Å². The Hall–Kier alpha value is -2.48. The predicted octanol–water partition coefficient (Wildman–Crippen LogP) is 7.32. The van der Waals surface area contributed by atoms with Crippen LogP contribution < -0.4 is 0 Å². The first kappa shape index (κ1) is 24.2. The smallest absolute Gasteiger partial charge is 0.288 e. The summed E-state index contributed by atoms with van der Waals surface area (Å²) in [6.45, 7) is 0. The number of allylic oxidation sites excluding steroid dienone is 1. The highest BCUT2D eigenvalue weighted by atomic mass is 35.5. The summed E-state index contributed by atoms with van der Waals surface area (Å²) in [6, 6.07) is 14.0. The molecular formula is C23H14Cl2F4O2S. The number of rotatable bonds is 6. The number of carbonyl (C=O) groups is 1. The predicted molar refractivity (Wildman–Crippen MR) is 118 cm³/mol. The molecule has 0 saturated heterocycles. The monoisotopic (exact) mass is 500 g/mol. The maximum absolute atomic E-state index is 13.5. The largest absolute Gasteiger partial charge is 0.417 e. The molecule has 3 aromatic carbocycles. The van der Waals surface area contributed by atoms with Gasteiger partial charge in [0.1, 0.15) is 5.82 Å². The summed E-state index contributed by atoms with van der Waals surface area (Å²) in [4.78, 5) is 12.7. The summed E-state index contributed by atoms with van der Waals surface area (Å²) in [5, 5.41) is 0.806. The molecular weight excluding hydrogens is 487 g/mol. The molecule has 0 radical (unpaired) electrons. The number of ketones is 1. The summed E-state index contributed by atoms with van der Waals surface area (Å²) in [5.41, 5.74) is -1.08. The van der Waals surface area contributed by atoms with Crippen molar-refractivity contribution < 1.29 is 26.6 Å². The van der Waals surface area contributed by atoms with Crippen LogP contribution >= 0.6 is 23.2 Å². The quantitative estimate of drug-likeness (QED) is 0.202. The highest BCUT2D eigenvalue weighted by Crippen LogP contribution is 2.34. The normalized spacial score (nSPS) is 13.1. The van der Waals surface area contributed by atoms with Crippen LogP contribution in [-0.2, 0) is 22.7 Å². The van der Waals surface area contributed by atoms with Crippen molar-refractivity contribution in [2.75, 3.05) is 0 Å². The van der Waals surface area contributed by atoms with Gasteiger partial charge in [-0.05, 0) is 65.7 Å². The summed E-state index contributed by atoms with van der Waals surface area (Å²) in [6.07, 6.45) is -3.98. The zero-order valence-corrected chi connectivity index (χ0v) is 18.5. The van der Waals surface area contributed by atoms with Gasteiger partial charge in [0, 0.05) is 15.6 Å². The molecule has 0 aliphatic heterocycles. The second-order valence-electron chi connectivity index (χ2n) is 6.69. The fraction of sp³-hybridized carbons (Fsp3) is 0.0870. The van der Waals surface area contributed by atoms with Gasteiger partial charge in [-0.2, -0.15) is 13.2 Å². The topological polar surface area (TPSA) is 34.1 Å². The minimum Gasteiger partial charge on any atom is -0.288 e. The van der Waals surface area contributed by atoms with E-state index in [9.17, 15) is 26.6 Å². The molecule has 0 aliphatic carbocycles. The fourth-order valence-electron chi connectivity index (χ4n) is 2.83. The van der Waals surface area contributed by atoms with Crippen LogP contribution in [0.2, 0.25) is 10.0 Å². The van der Waals surface area contributed by atoms with E-state index in [-0.39, 0.29) is 16.2 Å². The first-order valence-corrected chi connectivity index (χ1v) is 11.1. The van der Waals surface area contributed by atoms with Crippen LogP contribution in [0.4, 0.5) is 17.6 Å². The second kappa shape index (κ2) is 9.98. The van der Waals surface area contributed by atoms with Gasteiger partial charge in [-0.25, -0.2) is 4.39 Å². The van der Waals surface area contributed by atoms with Crippen molar-refractivity contribution in [3.8, 4) is 0 Å². The zero-order valence-electron chi connectivity index (χ0n) is 16.1. The van der Waals surface area contributed by atoms with Gasteiger partial charge < -0.3 is 0 Å². The van der Waals surface area contributed by atoms with Crippen molar-refractivity contribution in [2.24, 2.45) is 0 Å². The van der Waals surface area contributed by atoms with Crippen LogP contribution in [-0.4, -0.2) is 9.99 Å². The van der Waals surface area contributed by atoms with Gasteiger partial charge in [0.2, 0.25) is 5.78 Å². The average Bonchev–Trinajstić information content (AvgIpc) is 2.73. The molecule has 0 aliphatic rings. The number of carbonyl (C=O) groups excluding carboxylic acids is 1. The van der Waals surface area contributed by atoms with E-state index in [1.54, 1.807) is 24.3 Å². The Balaban J connectivity index is 2.10. The molecule has 3 rings (SSSR count). The maximum Gasteiger partial charge on any atom is 0.417 e. The molecule has 9 heteroatoms. The lowest BCUT2D eigenvalue weighted by atomic mass is 10.0. The van der Waals surface area contributed by atoms with Gasteiger partial charge in [-0.15, -0.1) is 0 Å². The van der Waals surface area contributed by atoms with Crippen molar-refractivity contribution in [1.29, 1.82) is 0 Å². The van der Waals surface area contributed by atoms with E-state index < -0.39 is 39.7 Å². The van der Waals surface area contributed by atoms with Crippen LogP contribution in [0.25, 0.3) is 6.08 Å². The third kappa shape index (κ3) is 6.06. The van der Waals surface area contributed by atoms with E-state index in [2.05, 4.69) is 0 Å². The molecule has 3 aromatic rings. The number of hydrogen-bond acceptors (Lipinski definition) is 2. The average molecular weight is 501 g/mol. The summed E-state index contributed by atoms with van der Waals surface area (Å²) in [7, 11) is -2.02. The lowest BCUT2D eigenvalue weighted by molar-refractivity contribution is -0.137. The zero-order chi connectivity index (χ0) is 23.5. The van der Waals surface area contributed by atoms with Crippen molar-refractivity contribution in [2.45, 2.75) is 11.9 Å². The van der Waals surface area contributed by atoms with Crippen molar-refractivity contribution in [3.63, 3.8) is 0 Å². The molecule has 1 unspecified atom stereocenters. The van der Waals surface area contributed by atoms with E-state index in [0.29, 0.717) is 21.7 Å². The minimum absolute atomic E-state index is 0.0979. The second-order valence-corrected chi connectivity index (χ2v) is 8.98. The van der Waals surface area contributed by atoms with E-state index in [4.69, 9.17) is 23.2 Å². The summed E-state index contributed by atoms with van der Waals surface area (Å²) in [5.74, 6) is -1.95. The Morgan fingerprint density at radius 3 is 2.03 bits per heavy atom. The van der Waals surface area contributed by atoms with Gasteiger partial charge in [0.25, 0.3) is 0 Å². The highest BCUT2D eigenvalue weighted by Gasteiger charge is 2.34. The maximum atomic E-state index is 13.5. The molecule has 0 spiro atoms. The molecule has 1 atom stereocenters. The Morgan fingerprint density at radius 1 is 0.906 bits per heavy atom. The number of Topliss-reactive ketones (excluding diaryl/α,β-unsaturated/α-hetero) is 1. The van der Waals surface area contributed by atoms with Crippen LogP contribution in [0.5, 0.6) is 0 Å². The van der Waals surface area contributed by atoms with E-state index in [1.165, 1.54) is 24.3 Å². The molecule has 0 amide bonds. The Bertz CT molecular complexity index is 1190. The molecule has 0 saturated carbocycles. The number of benzene rings is 3. The molecule has 0 aromatic heterocycles. The van der Waals surface area contributed by atoms with Gasteiger partial charge in [-0.3, -0.25) is 9.00 Å². The SMILES string of the molecule is O=C(/C(=C/c1ccc(F)cc1C(F)(F)F)S(=O)Cc1ccc(Cl)cc1)c1ccc(Cl)cc1. The molecule has 0 bridgehead atoms. The van der Waals surface area contributed by atoms with Crippen LogP contribution in [0, 0.1) is 5.82 Å². The summed E-state index contributed by atoms with van der Waals surface area (Å²) < 4.78 is 67.0. The van der Waals surface area contributed by atoms with Crippen LogP contribution in [0.3, 0.4) is 0 Å². The lowest BCUT2D eigenvalue weighted by Gasteiger charge is -2.13. The number of alkyl halides is 3.